The number of thioether (sulfide) groups is 1. The summed E-state index contributed by atoms with van der Waals surface area (Å²) in [6.07, 6.45) is 0.656. The van der Waals surface area contributed by atoms with Gasteiger partial charge in [-0.1, -0.05) is 11.8 Å². The van der Waals surface area contributed by atoms with E-state index in [0.29, 0.717) is 26.0 Å². The van der Waals surface area contributed by atoms with E-state index in [0.717, 1.165) is 11.8 Å². The van der Waals surface area contributed by atoms with Crippen molar-refractivity contribution in [3.05, 3.63) is 0 Å². The first-order valence-electron chi connectivity index (χ1n) is 6.57. The van der Waals surface area contributed by atoms with Crippen LogP contribution in [0.2, 0.25) is 0 Å². The van der Waals surface area contributed by atoms with Gasteiger partial charge in [0.2, 0.25) is 0 Å². The van der Waals surface area contributed by atoms with Gasteiger partial charge in [-0.25, -0.2) is 10.0 Å². The van der Waals surface area contributed by atoms with Crippen LogP contribution in [-0.2, 0) is 14.2 Å². The zero-order chi connectivity index (χ0) is 19.2. The number of amides is 1. The lowest BCUT2D eigenvalue weighted by Crippen LogP contribution is -2.26. The van der Waals surface area contributed by atoms with E-state index in [9.17, 15) is 14.7 Å². The first-order chi connectivity index (χ1) is 11.0. The molecule has 0 aliphatic carbocycles. The van der Waals surface area contributed by atoms with E-state index in [1.807, 2.05) is 0 Å². The van der Waals surface area contributed by atoms with Crippen molar-refractivity contribution in [2.45, 2.75) is 31.4 Å². The van der Waals surface area contributed by atoms with Crippen LogP contribution < -0.4 is 22.1 Å². The highest BCUT2D eigenvalue weighted by atomic mass is 32.2. The molecule has 0 spiro atoms. The van der Waals surface area contributed by atoms with Crippen LogP contribution in [0.3, 0.4) is 0 Å². The number of guanidine groups is 1. The van der Waals surface area contributed by atoms with Crippen LogP contribution >= 0.6 is 19.6 Å². The number of nitrogens with two attached hydrogens (primary N) is 2. The van der Waals surface area contributed by atoms with Crippen molar-refractivity contribution in [1.29, 1.82) is 0 Å². The minimum Gasteiger partial charge on any atom is -0.550 e. The van der Waals surface area contributed by atoms with Crippen molar-refractivity contribution in [2.24, 2.45) is 16.5 Å². The molecule has 0 saturated heterocycles. The number of carbonyl (C=O) groups excluding carboxylic acids is 2. The zero-order valence-electron chi connectivity index (χ0n) is 13.0. The minimum absolute atomic E-state index is 0.0394. The Morgan fingerprint density at radius 3 is 2.29 bits per heavy atom. The second kappa shape index (κ2) is 14.0. The minimum atomic E-state index is -4.64. The monoisotopic (exact) mass is 389 g/mol. The summed E-state index contributed by atoms with van der Waals surface area (Å²) in [4.78, 5) is 52.0. The van der Waals surface area contributed by atoms with Crippen LogP contribution in [0, 0.1) is 0 Å². The molecular formula is C10H22N4O8PS-. The molecule has 0 rings (SSSR count). The van der Waals surface area contributed by atoms with Crippen molar-refractivity contribution in [2.75, 3.05) is 13.2 Å². The molecule has 0 aromatic carbocycles. The quantitative estimate of drug-likeness (QED) is 0.110. The van der Waals surface area contributed by atoms with E-state index in [1.165, 1.54) is 0 Å². The number of nitrogens with one attached hydrogen (secondary N) is 1. The fourth-order valence-corrected chi connectivity index (χ4v) is 2.05. The lowest BCUT2D eigenvalue weighted by Gasteiger charge is -2.15. The van der Waals surface area contributed by atoms with Gasteiger partial charge in [-0.2, -0.15) is 0 Å². The van der Waals surface area contributed by atoms with Crippen LogP contribution in [0.5, 0.6) is 0 Å². The van der Waals surface area contributed by atoms with E-state index in [-0.39, 0.29) is 22.9 Å². The molecule has 0 aliphatic rings. The number of carboxylic acid groups (broad SMARTS) is 1. The normalized spacial score (nSPS) is 11.7. The Labute approximate surface area is 142 Å². The summed E-state index contributed by atoms with van der Waals surface area (Å²) in [5, 5.41) is 9.83. The molecule has 0 fully saturated rings. The third-order valence-electron chi connectivity index (χ3n) is 1.99. The van der Waals surface area contributed by atoms with E-state index < -0.39 is 13.8 Å². The lowest BCUT2D eigenvalue weighted by molar-refractivity contribution is -0.305. The van der Waals surface area contributed by atoms with E-state index in [1.54, 1.807) is 6.92 Å². The number of hydrogen-bond donors (Lipinski definition) is 6. The van der Waals surface area contributed by atoms with Gasteiger partial charge in [0.1, 0.15) is 0 Å². The third kappa shape index (κ3) is 25.6. The maximum Gasteiger partial charge on any atom is 0.466 e. The maximum atomic E-state index is 11.4. The van der Waals surface area contributed by atoms with Crippen molar-refractivity contribution in [3.8, 4) is 0 Å². The van der Waals surface area contributed by atoms with Gasteiger partial charge in [-0.3, -0.25) is 14.6 Å². The first-order valence-corrected chi connectivity index (χ1v) is 9.02. The summed E-state index contributed by atoms with van der Waals surface area (Å²) in [5.41, 5.74) is 12.6. The predicted molar refractivity (Wildman–Crippen MR) is 85.3 cm³/mol. The Morgan fingerprint density at radius 1 is 1.33 bits per heavy atom. The molecular weight excluding hydrogens is 367 g/mol. The maximum absolute atomic E-state index is 11.4. The average Bonchev–Trinajstić information content (AvgIpc) is 2.40. The Bertz CT molecular complexity index is 446. The first kappa shape index (κ1) is 24.9. The Balaban J connectivity index is 0. The molecule has 0 bridgehead atoms. The standard InChI is InChI=1S/C10H20N4O4S.H3O4P/c1-2-18-14-10(17)19-7(3-4-8(15)16)5-6-13-9(11)12;1-5(2,3)4/h7H,2-6H2,1H3,(H,14,17)(H,15,16)(H4,11,12,13);(H3,1,2,3,4)/p-1. The third-order valence-corrected chi connectivity index (χ3v) is 3.09. The Kier molecular flexibility index (Phi) is 14.5. The molecule has 142 valence electrons. The van der Waals surface area contributed by atoms with Gasteiger partial charge in [-0.15, -0.1) is 0 Å². The number of hydrogen-bond acceptors (Lipinski definition) is 7. The van der Waals surface area contributed by atoms with Gasteiger partial charge in [0, 0.05) is 17.8 Å². The number of hydroxylamine groups is 1. The van der Waals surface area contributed by atoms with Gasteiger partial charge >= 0.3 is 13.1 Å². The van der Waals surface area contributed by atoms with Gasteiger partial charge in [-0.05, 0) is 26.2 Å². The number of aliphatic imine (C=N–C) groups is 1. The summed E-state index contributed by atoms with van der Waals surface area (Å²) in [7, 11) is -4.64. The molecule has 0 aliphatic heterocycles. The second-order valence-electron chi connectivity index (χ2n) is 4.08. The van der Waals surface area contributed by atoms with Crippen LogP contribution in [0.25, 0.3) is 0 Å². The van der Waals surface area contributed by atoms with Crippen molar-refractivity contribution in [1.82, 2.24) is 5.48 Å². The largest absolute Gasteiger partial charge is 0.550 e. The van der Waals surface area contributed by atoms with E-state index >= 15 is 0 Å². The van der Waals surface area contributed by atoms with Gasteiger partial charge in [0.15, 0.2) is 5.96 Å². The predicted octanol–water partition coefficient (Wildman–Crippen LogP) is -1.99. The number of rotatable bonds is 9. The van der Waals surface area contributed by atoms with Gasteiger partial charge in [0.05, 0.1) is 6.61 Å². The summed E-state index contributed by atoms with van der Waals surface area (Å²) < 4.78 is 8.88. The van der Waals surface area contributed by atoms with Crippen LogP contribution in [0.15, 0.2) is 4.99 Å². The fourth-order valence-electron chi connectivity index (χ4n) is 1.19. The highest BCUT2D eigenvalue weighted by Crippen LogP contribution is 2.25. The SMILES string of the molecule is CCONC(=O)SC(CCN=C(N)N)CCC(=O)[O-].O=P(O)(O)O. The number of carbonyl (C=O) groups is 2. The molecule has 14 heteroatoms. The van der Waals surface area contributed by atoms with E-state index in [4.69, 9.17) is 35.6 Å². The lowest BCUT2D eigenvalue weighted by atomic mass is 10.2. The number of aliphatic carboxylic acids is 1. The highest BCUT2D eigenvalue weighted by molar-refractivity contribution is 8.14. The molecule has 1 atom stereocenters. The summed E-state index contributed by atoms with van der Waals surface area (Å²) >= 11 is 0.961. The second-order valence-corrected chi connectivity index (χ2v) is 6.38. The van der Waals surface area contributed by atoms with Crippen LogP contribution in [0.1, 0.15) is 26.2 Å². The topological polar surface area (TPSA) is 221 Å². The van der Waals surface area contributed by atoms with Crippen molar-refractivity contribution < 1.29 is 38.8 Å². The molecule has 8 N–H and O–H groups in total. The van der Waals surface area contributed by atoms with Crippen molar-refractivity contribution >= 4 is 36.8 Å². The number of phosphoric acid groups is 1. The fraction of sp³-hybridized carbons (Fsp3) is 0.700. The number of carboxylic acids is 1. The highest BCUT2D eigenvalue weighted by Gasteiger charge is 2.14. The molecule has 0 aromatic heterocycles. The molecule has 12 nitrogen and oxygen atoms in total. The smallest absolute Gasteiger partial charge is 0.466 e. The molecule has 0 heterocycles. The molecule has 24 heavy (non-hydrogen) atoms. The molecule has 0 aromatic rings. The molecule has 0 saturated carbocycles. The van der Waals surface area contributed by atoms with E-state index in [2.05, 4.69) is 10.5 Å². The Hall–Kier alpha value is -1.37. The van der Waals surface area contributed by atoms with Crippen LogP contribution in [0.4, 0.5) is 4.79 Å². The van der Waals surface area contributed by atoms with Crippen molar-refractivity contribution in [3.63, 3.8) is 0 Å². The zero-order valence-corrected chi connectivity index (χ0v) is 14.7. The molecule has 1 amide bonds. The number of nitrogens with zero attached hydrogens (tertiary/aromatic N) is 1. The molecule has 1 unspecified atom stereocenters. The summed E-state index contributed by atoms with van der Waals surface area (Å²) in [5.74, 6) is -1.19. The molecule has 0 radical (unpaired) electrons. The summed E-state index contributed by atoms with van der Waals surface area (Å²) in [6, 6.07) is 0. The Morgan fingerprint density at radius 2 is 1.88 bits per heavy atom. The van der Waals surface area contributed by atoms with Crippen LogP contribution in [-0.4, -0.2) is 50.2 Å². The van der Waals surface area contributed by atoms with Gasteiger partial charge in [0.25, 0.3) is 0 Å². The average molecular weight is 389 g/mol. The van der Waals surface area contributed by atoms with Gasteiger partial charge < -0.3 is 36.0 Å². The summed E-state index contributed by atoms with van der Waals surface area (Å²) in [6.45, 7) is 2.41.